The van der Waals surface area contributed by atoms with E-state index in [-0.39, 0.29) is 5.91 Å². The van der Waals surface area contributed by atoms with E-state index in [1.807, 2.05) is 73.8 Å². The largest absolute Gasteiger partial charge is 0.489 e. The highest BCUT2D eigenvalue weighted by atomic mass is 16.5. The molecule has 0 aliphatic carbocycles. The predicted molar refractivity (Wildman–Crippen MR) is 122 cm³/mol. The van der Waals surface area contributed by atoms with Crippen LogP contribution in [0.25, 0.3) is 0 Å². The minimum absolute atomic E-state index is 0.0260. The number of morpholine rings is 1. The number of amides is 1. The lowest BCUT2D eigenvalue weighted by Gasteiger charge is -2.31. The fraction of sp³-hybridized carbons (Fsp3) is 0.269. The normalized spacial score (nSPS) is 13.6. The van der Waals surface area contributed by atoms with E-state index in [9.17, 15) is 4.79 Å². The van der Waals surface area contributed by atoms with Crippen LogP contribution in [-0.2, 0) is 17.9 Å². The van der Waals surface area contributed by atoms with Gasteiger partial charge in [0.15, 0.2) is 0 Å². The molecule has 1 fully saturated rings. The first kappa shape index (κ1) is 20.9. The van der Waals surface area contributed by atoms with Gasteiger partial charge in [0.05, 0.1) is 13.2 Å². The zero-order valence-electron chi connectivity index (χ0n) is 17.9. The van der Waals surface area contributed by atoms with Crippen molar-refractivity contribution < 1.29 is 14.3 Å². The molecule has 3 aromatic carbocycles. The smallest absolute Gasteiger partial charge is 0.254 e. The summed E-state index contributed by atoms with van der Waals surface area (Å²) in [4.78, 5) is 17.2. The van der Waals surface area contributed by atoms with Crippen LogP contribution in [0.15, 0.2) is 78.9 Å². The van der Waals surface area contributed by atoms with Crippen LogP contribution in [0.3, 0.4) is 0 Å². The zero-order chi connectivity index (χ0) is 21.5. The summed E-state index contributed by atoms with van der Waals surface area (Å²) in [6, 6.07) is 25.7. The Morgan fingerprint density at radius 1 is 0.968 bits per heavy atom. The third-order valence-corrected chi connectivity index (χ3v) is 5.43. The summed E-state index contributed by atoms with van der Waals surface area (Å²) in [5.74, 6) is 0.666. The molecule has 0 unspecified atom stereocenters. The summed E-state index contributed by atoms with van der Waals surface area (Å²) in [7, 11) is 1.84. The van der Waals surface area contributed by atoms with Crippen LogP contribution in [0.1, 0.15) is 21.5 Å². The maximum Gasteiger partial charge on any atom is 0.254 e. The van der Waals surface area contributed by atoms with Crippen molar-refractivity contribution in [2.75, 3.05) is 38.3 Å². The van der Waals surface area contributed by atoms with Crippen molar-refractivity contribution in [2.24, 2.45) is 0 Å². The number of carbonyl (C=O) groups is 1. The van der Waals surface area contributed by atoms with E-state index < -0.39 is 0 Å². The van der Waals surface area contributed by atoms with Gasteiger partial charge in [-0.15, -0.1) is 0 Å². The van der Waals surface area contributed by atoms with E-state index in [0.717, 1.165) is 37.4 Å². The Balaban J connectivity index is 1.43. The Bertz CT molecular complexity index is 1000. The van der Waals surface area contributed by atoms with E-state index in [0.29, 0.717) is 24.5 Å². The molecule has 0 bridgehead atoms. The molecule has 5 nitrogen and oxygen atoms in total. The molecule has 4 rings (SSSR count). The lowest BCUT2D eigenvalue weighted by Crippen LogP contribution is -2.37. The number of carbonyl (C=O) groups excluding carboxylic acids is 1. The summed E-state index contributed by atoms with van der Waals surface area (Å²) < 4.78 is 11.4. The molecule has 1 aliphatic heterocycles. The Hall–Kier alpha value is -3.31. The zero-order valence-corrected chi connectivity index (χ0v) is 17.9. The molecule has 0 aromatic heterocycles. The predicted octanol–water partition coefficient (Wildman–Crippen LogP) is 4.37. The topological polar surface area (TPSA) is 42.0 Å². The summed E-state index contributed by atoms with van der Waals surface area (Å²) in [5, 5.41) is 0. The van der Waals surface area contributed by atoms with Gasteiger partial charge in [0, 0.05) is 37.9 Å². The SMILES string of the molecule is CN(Cc1ccccc1N1CCOCC1)C(=O)c1cccc(OCc2ccccc2)c1. The highest BCUT2D eigenvalue weighted by molar-refractivity contribution is 5.94. The standard InChI is InChI=1S/C26H28N2O3/c1-27(19-23-10-5-6-13-25(23)28-14-16-30-17-15-28)26(29)22-11-7-12-24(18-22)31-20-21-8-3-2-4-9-21/h2-13,18H,14-17,19-20H2,1H3. The molecular formula is C26H28N2O3. The van der Waals surface area contributed by atoms with E-state index in [4.69, 9.17) is 9.47 Å². The third kappa shape index (κ3) is 5.44. The van der Waals surface area contributed by atoms with Crippen molar-refractivity contribution >= 4 is 11.6 Å². The number of para-hydroxylation sites is 1. The molecule has 1 aliphatic rings. The van der Waals surface area contributed by atoms with Gasteiger partial charge in [0.1, 0.15) is 12.4 Å². The van der Waals surface area contributed by atoms with Gasteiger partial charge in [0.2, 0.25) is 0 Å². The summed E-state index contributed by atoms with van der Waals surface area (Å²) >= 11 is 0. The van der Waals surface area contributed by atoms with Crippen LogP contribution in [-0.4, -0.2) is 44.2 Å². The average Bonchev–Trinajstić information content (AvgIpc) is 2.84. The Morgan fingerprint density at radius 3 is 2.52 bits per heavy atom. The maximum absolute atomic E-state index is 13.1. The van der Waals surface area contributed by atoms with Gasteiger partial charge in [-0.1, -0.05) is 54.6 Å². The van der Waals surface area contributed by atoms with Crippen molar-refractivity contribution in [1.29, 1.82) is 0 Å². The molecular weight excluding hydrogens is 388 g/mol. The van der Waals surface area contributed by atoms with E-state index in [2.05, 4.69) is 17.0 Å². The summed E-state index contributed by atoms with van der Waals surface area (Å²) in [5.41, 5.74) is 4.02. The van der Waals surface area contributed by atoms with Crippen LogP contribution in [0, 0.1) is 0 Å². The first-order valence-electron chi connectivity index (χ1n) is 10.6. The van der Waals surface area contributed by atoms with Gasteiger partial charge >= 0.3 is 0 Å². The Kier molecular flexibility index (Phi) is 6.85. The van der Waals surface area contributed by atoms with E-state index >= 15 is 0 Å². The number of ether oxygens (including phenoxy) is 2. The van der Waals surface area contributed by atoms with Gasteiger partial charge in [-0.25, -0.2) is 0 Å². The number of rotatable bonds is 7. The second-order valence-corrected chi connectivity index (χ2v) is 7.69. The van der Waals surface area contributed by atoms with E-state index in [1.165, 1.54) is 5.69 Å². The van der Waals surface area contributed by atoms with Crippen LogP contribution < -0.4 is 9.64 Å². The third-order valence-electron chi connectivity index (χ3n) is 5.43. The molecule has 3 aromatic rings. The molecule has 1 heterocycles. The number of anilines is 1. The van der Waals surface area contributed by atoms with Crippen molar-refractivity contribution in [3.05, 3.63) is 95.6 Å². The Morgan fingerprint density at radius 2 is 1.71 bits per heavy atom. The number of hydrogen-bond donors (Lipinski definition) is 0. The highest BCUT2D eigenvalue weighted by Gasteiger charge is 2.18. The number of benzene rings is 3. The molecule has 5 heteroatoms. The van der Waals surface area contributed by atoms with Gasteiger partial charge < -0.3 is 19.3 Å². The number of hydrogen-bond acceptors (Lipinski definition) is 4. The Labute approximate surface area is 183 Å². The second-order valence-electron chi connectivity index (χ2n) is 7.69. The lowest BCUT2D eigenvalue weighted by atomic mass is 10.1. The lowest BCUT2D eigenvalue weighted by molar-refractivity contribution is 0.0784. The van der Waals surface area contributed by atoms with Gasteiger partial charge in [0.25, 0.3) is 5.91 Å². The fourth-order valence-corrected chi connectivity index (χ4v) is 3.76. The molecule has 1 saturated heterocycles. The monoisotopic (exact) mass is 416 g/mol. The molecule has 0 N–H and O–H groups in total. The average molecular weight is 417 g/mol. The number of nitrogens with zero attached hydrogens (tertiary/aromatic N) is 2. The van der Waals surface area contributed by atoms with Crippen molar-refractivity contribution in [3.8, 4) is 5.75 Å². The molecule has 0 saturated carbocycles. The maximum atomic E-state index is 13.1. The highest BCUT2D eigenvalue weighted by Crippen LogP contribution is 2.24. The summed E-state index contributed by atoms with van der Waals surface area (Å²) in [6.45, 7) is 4.23. The van der Waals surface area contributed by atoms with Gasteiger partial charge in [-0.3, -0.25) is 4.79 Å². The van der Waals surface area contributed by atoms with Crippen molar-refractivity contribution in [1.82, 2.24) is 4.90 Å². The molecule has 31 heavy (non-hydrogen) atoms. The van der Waals surface area contributed by atoms with E-state index in [1.54, 1.807) is 4.90 Å². The minimum atomic E-state index is -0.0260. The quantitative estimate of drug-likeness (QED) is 0.573. The molecule has 0 radical (unpaired) electrons. The van der Waals surface area contributed by atoms with Crippen molar-refractivity contribution in [2.45, 2.75) is 13.2 Å². The molecule has 0 atom stereocenters. The molecule has 160 valence electrons. The van der Waals surface area contributed by atoms with Crippen LogP contribution >= 0.6 is 0 Å². The molecule has 1 amide bonds. The summed E-state index contributed by atoms with van der Waals surface area (Å²) in [6.07, 6.45) is 0. The second kappa shape index (κ2) is 10.1. The van der Waals surface area contributed by atoms with Crippen LogP contribution in [0.4, 0.5) is 5.69 Å². The van der Waals surface area contributed by atoms with Crippen molar-refractivity contribution in [3.63, 3.8) is 0 Å². The fourth-order valence-electron chi connectivity index (χ4n) is 3.76. The van der Waals surface area contributed by atoms with Gasteiger partial charge in [-0.2, -0.15) is 0 Å². The van der Waals surface area contributed by atoms with Crippen LogP contribution in [0.2, 0.25) is 0 Å². The van der Waals surface area contributed by atoms with Gasteiger partial charge in [-0.05, 0) is 35.4 Å². The van der Waals surface area contributed by atoms with Crippen LogP contribution in [0.5, 0.6) is 5.75 Å². The molecule has 0 spiro atoms. The minimum Gasteiger partial charge on any atom is -0.489 e. The first-order valence-corrected chi connectivity index (χ1v) is 10.6. The first-order chi connectivity index (χ1) is 15.2.